The molecule has 10 heteroatoms. The van der Waals surface area contributed by atoms with Crippen LogP contribution in [-0.4, -0.2) is 35.6 Å². The predicted molar refractivity (Wildman–Crippen MR) is 107 cm³/mol. The topological polar surface area (TPSA) is 128 Å². The minimum atomic E-state index is -1.17. The molecule has 0 aliphatic carbocycles. The number of hydrogen-bond donors (Lipinski definition) is 0. The van der Waals surface area contributed by atoms with Gasteiger partial charge in [0.2, 0.25) is 0 Å². The normalized spacial score (nSPS) is 16.6. The molecule has 1 atom stereocenters. The molecule has 160 valence electrons. The number of benzene rings is 1. The molecule has 0 radical (unpaired) electrons. The van der Waals surface area contributed by atoms with E-state index in [9.17, 15) is 24.6 Å². The van der Waals surface area contributed by atoms with Crippen LogP contribution in [0, 0.1) is 20.9 Å². The van der Waals surface area contributed by atoms with E-state index in [1.807, 2.05) is 13.8 Å². The summed E-state index contributed by atoms with van der Waals surface area (Å²) in [7, 11) is 1.14. The minimum Gasteiger partial charge on any atom is -0.466 e. The number of nitrogens with zero attached hydrogens (tertiary/aromatic N) is 3. The Bertz CT molecular complexity index is 949. The number of nitro benzene ring substituents is 1. The lowest BCUT2D eigenvalue weighted by molar-refractivity contribution is -0.385. The van der Waals surface area contributed by atoms with E-state index in [1.54, 1.807) is 6.07 Å². The highest BCUT2D eigenvalue weighted by Crippen LogP contribution is 2.45. The molecule has 1 aromatic carbocycles. The summed E-state index contributed by atoms with van der Waals surface area (Å²) in [5.74, 6) is -2.78. The van der Waals surface area contributed by atoms with Crippen molar-refractivity contribution in [3.05, 3.63) is 67.4 Å². The van der Waals surface area contributed by atoms with Crippen molar-refractivity contribution in [2.24, 2.45) is 11.2 Å². The van der Waals surface area contributed by atoms with Gasteiger partial charge in [0.25, 0.3) is 5.69 Å². The van der Waals surface area contributed by atoms with Crippen molar-refractivity contribution in [1.82, 2.24) is 5.01 Å². The van der Waals surface area contributed by atoms with Gasteiger partial charge in [-0.3, -0.25) is 10.1 Å². The number of rotatable bonds is 7. The van der Waals surface area contributed by atoms with Crippen LogP contribution in [0.3, 0.4) is 0 Å². The number of para-hydroxylation sites is 1. The fraction of sp³-hybridized carbons (Fsp3) is 0.400. The SMILES string of the molecule is COC(=O)C1=C(C)N(N=O)C(C)=C(C(=O)OCC(C)C)C1c1ccccc1[N+](=O)[O-]. The number of allylic oxidation sites excluding steroid dienone is 2. The van der Waals surface area contributed by atoms with Gasteiger partial charge in [0.05, 0.1) is 52.4 Å². The first kappa shape index (κ1) is 22.7. The number of hydrogen-bond acceptors (Lipinski definition) is 8. The average molecular weight is 417 g/mol. The van der Waals surface area contributed by atoms with E-state index in [0.29, 0.717) is 0 Å². The molecule has 0 fully saturated rings. The smallest absolute Gasteiger partial charge is 0.336 e. The second-order valence-corrected chi connectivity index (χ2v) is 7.12. The summed E-state index contributed by atoms with van der Waals surface area (Å²) in [5, 5.41) is 15.4. The van der Waals surface area contributed by atoms with Crippen LogP contribution in [0.15, 0.2) is 52.1 Å². The average Bonchev–Trinajstić information content (AvgIpc) is 2.71. The van der Waals surface area contributed by atoms with Crippen molar-refractivity contribution in [1.29, 1.82) is 0 Å². The van der Waals surface area contributed by atoms with Crippen molar-refractivity contribution in [3.8, 4) is 0 Å². The summed E-state index contributed by atoms with van der Waals surface area (Å²) in [6, 6.07) is 5.76. The summed E-state index contributed by atoms with van der Waals surface area (Å²) in [4.78, 5) is 48.2. The summed E-state index contributed by atoms with van der Waals surface area (Å²) in [6.07, 6.45) is 0. The van der Waals surface area contributed by atoms with Gasteiger partial charge < -0.3 is 9.47 Å². The van der Waals surface area contributed by atoms with Gasteiger partial charge in [0.1, 0.15) is 0 Å². The molecule has 0 spiro atoms. The maximum atomic E-state index is 13.0. The summed E-state index contributed by atoms with van der Waals surface area (Å²) < 4.78 is 10.2. The fourth-order valence-corrected chi connectivity index (χ4v) is 3.33. The Morgan fingerprint density at radius 3 is 2.23 bits per heavy atom. The van der Waals surface area contributed by atoms with E-state index in [2.05, 4.69) is 5.29 Å². The molecular formula is C20H23N3O7. The zero-order valence-corrected chi connectivity index (χ0v) is 17.4. The van der Waals surface area contributed by atoms with Gasteiger partial charge in [-0.25, -0.2) is 14.6 Å². The van der Waals surface area contributed by atoms with E-state index in [0.717, 1.165) is 12.1 Å². The van der Waals surface area contributed by atoms with Gasteiger partial charge in [0, 0.05) is 11.6 Å². The number of carbonyl (C=O) groups is 2. The Hall–Kier alpha value is -3.56. The summed E-state index contributed by atoms with van der Waals surface area (Å²) >= 11 is 0. The summed E-state index contributed by atoms with van der Waals surface area (Å²) in [5.41, 5.74) is -0.149. The highest BCUT2D eigenvalue weighted by molar-refractivity contribution is 6.00. The monoisotopic (exact) mass is 417 g/mol. The maximum Gasteiger partial charge on any atom is 0.336 e. The lowest BCUT2D eigenvalue weighted by Crippen LogP contribution is -2.33. The largest absolute Gasteiger partial charge is 0.466 e. The highest BCUT2D eigenvalue weighted by Gasteiger charge is 2.43. The number of carbonyl (C=O) groups excluding carboxylic acids is 2. The van der Waals surface area contributed by atoms with Crippen LogP contribution < -0.4 is 0 Å². The second-order valence-electron chi connectivity index (χ2n) is 7.12. The van der Waals surface area contributed by atoms with E-state index in [-0.39, 0.29) is 46.3 Å². The van der Waals surface area contributed by atoms with Gasteiger partial charge in [-0.2, -0.15) is 0 Å². The van der Waals surface area contributed by atoms with Crippen molar-refractivity contribution < 1.29 is 24.0 Å². The third kappa shape index (κ3) is 4.22. The van der Waals surface area contributed by atoms with Crippen molar-refractivity contribution in [3.63, 3.8) is 0 Å². The van der Waals surface area contributed by atoms with Crippen molar-refractivity contribution >= 4 is 17.6 Å². The predicted octanol–water partition coefficient (Wildman–Crippen LogP) is 3.60. The number of methoxy groups -OCH3 is 1. The molecule has 2 rings (SSSR count). The first-order chi connectivity index (χ1) is 14.1. The molecule has 1 aliphatic heterocycles. The van der Waals surface area contributed by atoms with Crippen molar-refractivity contribution in [2.45, 2.75) is 33.6 Å². The fourth-order valence-electron chi connectivity index (χ4n) is 3.33. The van der Waals surface area contributed by atoms with Crippen LogP contribution in [0.2, 0.25) is 0 Å². The van der Waals surface area contributed by atoms with Crippen LogP contribution in [0.25, 0.3) is 0 Å². The first-order valence-electron chi connectivity index (χ1n) is 9.19. The van der Waals surface area contributed by atoms with Crippen LogP contribution >= 0.6 is 0 Å². The Morgan fingerprint density at radius 2 is 1.73 bits per heavy atom. The molecule has 1 heterocycles. The van der Waals surface area contributed by atoms with Gasteiger partial charge in [-0.05, 0) is 19.8 Å². The van der Waals surface area contributed by atoms with Crippen LogP contribution in [0.1, 0.15) is 39.2 Å². The van der Waals surface area contributed by atoms with Gasteiger partial charge >= 0.3 is 11.9 Å². The Morgan fingerprint density at radius 1 is 1.17 bits per heavy atom. The molecule has 0 aromatic heterocycles. The first-order valence-corrected chi connectivity index (χ1v) is 9.19. The third-order valence-corrected chi connectivity index (χ3v) is 4.69. The zero-order chi connectivity index (χ0) is 22.6. The van der Waals surface area contributed by atoms with Gasteiger partial charge in [0.15, 0.2) is 0 Å². The van der Waals surface area contributed by atoms with E-state index >= 15 is 0 Å². The van der Waals surface area contributed by atoms with Gasteiger partial charge in [-0.1, -0.05) is 32.0 Å². The second kappa shape index (κ2) is 9.29. The maximum absolute atomic E-state index is 13.0. The van der Waals surface area contributed by atoms with Crippen molar-refractivity contribution in [2.75, 3.05) is 13.7 Å². The summed E-state index contributed by atoms with van der Waals surface area (Å²) in [6.45, 7) is 6.70. The van der Waals surface area contributed by atoms with Crippen LogP contribution in [0.5, 0.6) is 0 Å². The molecule has 1 unspecified atom stereocenters. The zero-order valence-electron chi connectivity index (χ0n) is 17.4. The number of nitroso groups, excluding NO2 is 1. The Kier molecular flexibility index (Phi) is 7.04. The standard InChI is InChI=1S/C20H23N3O7/c1-11(2)10-30-20(25)17-13(4)22(21-26)12(3)16(19(24)29-5)18(17)14-8-6-7-9-15(14)23(27)28/h6-9,11,18H,10H2,1-5H3. The molecule has 1 aromatic rings. The molecule has 1 aliphatic rings. The molecular weight excluding hydrogens is 394 g/mol. The quantitative estimate of drug-likeness (QED) is 0.285. The molecule has 0 bridgehead atoms. The highest BCUT2D eigenvalue weighted by atomic mass is 16.6. The Balaban J connectivity index is 2.82. The van der Waals surface area contributed by atoms with E-state index in [4.69, 9.17) is 9.47 Å². The molecule has 0 N–H and O–H groups in total. The molecule has 0 amide bonds. The number of esters is 2. The van der Waals surface area contributed by atoms with E-state index < -0.39 is 22.8 Å². The van der Waals surface area contributed by atoms with Gasteiger partial charge in [-0.15, -0.1) is 4.91 Å². The molecule has 30 heavy (non-hydrogen) atoms. The third-order valence-electron chi connectivity index (χ3n) is 4.69. The lowest BCUT2D eigenvalue weighted by atomic mass is 9.79. The minimum absolute atomic E-state index is 0.0283. The van der Waals surface area contributed by atoms with Crippen LogP contribution in [0.4, 0.5) is 5.69 Å². The molecule has 0 saturated heterocycles. The van der Waals surface area contributed by atoms with Crippen LogP contribution in [-0.2, 0) is 19.1 Å². The molecule has 10 nitrogen and oxygen atoms in total. The number of ether oxygens (including phenoxy) is 2. The molecule has 0 saturated carbocycles. The lowest BCUT2D eigenvalue weighted by Gasteiger charge is -2.33. The Labute approximate surface area is 173 Å². The van der Waals surface area contributed by atoms with E-state index in [1.165, 1.54) is 32.0 Å². The number of nitro groups is 1.